The van der Waals surface area contributed by atoms with Gasteiger partial charge >= 0.3 is 5.97 Å². The standard InChI is InChI=1S/C13H15ClN2O2.C11H14N2O/c14-8-12(17)18-16-13(15)11-6-10(7-11)9-4-2-1-3-5-9;12-11(13-14)10-6-9(7-10)8-4-2-1-3-5-8/h1-5,10-11H,6-8H2,(H2,15,16);1-5,9-10,14H,6-7H2,(H2,12,13). The van der Waals surface area contributed by atoms with Crippen LogP contribution in [-0.4, -0.2) is 28.7 Å². The molecule has 0 saturated heterocycles. The first-order valence-electron chi connectivity index (χ1n) is 10.7. The van der Waals surface area contributed by atoms with E-state index in [-0.39, 0.29) is 17.7 Å². The zero-order valence-corrected chi connectivity index (χ0v) is 18.6. The third-order valence-corrected chi connectivity index (χ3v) is 6.35. The molecule has 0 aromatic heterocycles. The van der Waals surface area contributed by atoms with Crippen LogP contribution in [0.3, 0.4) is 0 Å². The van der Waals surface area contributed by atoms with Crippen molar-refractivity contribution in [2.24, 2.45) is 33.6 Å². The van der Waals surface area contributed by atoms with Crippen LogP contribution >= 0.6 is 11.6 Å². The van der Waals surface area contributed by atoms with Gasteiger partial charge in [0.05, 0.1) is 0 Å². The highest BCUT2D eigenvalue weighted by Crippen LogP contribution is 2.42. The van der Waals surface area contributed by atoms with Gasteiger partial charge in [-0.1, -0.05) is 71.0 Å². The number of benzene rings is 2. The molecule has 32 heavy (non-hydrogen) atoms. The molecule has 0 bridgehead atoms. The number of oxime groups is 2. The fourth-order valence-corrected chi connectivity index (χ4v) is 4.05. The van der Waals surface area contributed by atoms with E-state index in [1.807, 2.05) is 36.4 Å². The topological polar surface area (TPSA) is 123 Å². The number of alkyl halides is 1. The molecular weight excluding hydrogens is 428 g/mol. The SMILES string of the molecule is N/C(=N\O)C1CC(c2ccccc2)C1.N/C(=N\OC(=O)CCl)C1CC(c2ccccc2)C1. The Labute approximate surface area is 193 Å². The van der Waals surface area contributed by atoms with Gasteiger partial charge in [0, 0.05) is 11.8 Å². The lowest BCUT2D eigenvalue weighted by Crippen LogP contribution is -2.34. The van der Waals surface area contributed by atoms with Gasteiger partial charge in [0.1, 0.15) is 17.6 Å². The molecule has 8 heteroatoms. The highest BCUT2D eigenvalue weighted by atomic mass is 35.5. The molecule has 0 radical (unpaired) electrons. The van der Waals surface area contributed by atoms with Gasteiger partial charge in [-0.2, -0.15) is 0 Å². The average Bonchev–Trinajstić information content (AvgIpc) is 2.77. The van der Waals surface area contributed by atoms with E-state index in [0.717, 1.165) is 25.7 Å². The first-order chi connectivity index (χ1) is 15.5. The summed E-state index contributed by atoms with van der Waals surface area (Å²) in [6, 6.07) is 20.7. The van der Waals surface area contributed by atoms with Gasteiger partial charge in [0.15, 0.2) is 0 Å². The zero-order valence-electron chi connectivity index (χ0n) is 17.8. The summed E-state index contributed by atoms with van der Waals surface area (Å²) in [4.78, 5) is 15.4. The van der Waals surface area contributed by atoms with Gasteiger partial charge in [0.25, 0.3) is 0 Å². The van der Waals surface area contributed by atoms with E-state index >= 15 is 0 Å². The van der Waals surface area contributed by atoms with Crippen molar-refractivity contribution in [2.45, 2.75) is 37.5 Å². The Kier molecular flexibility index (Phi) is 8.50. The van der Waals surface area contributed by atoms with E-state index < -0.39 is 5.97 Å². The summed E-state index contributed by atoms with van der Waals surface area (Å²) in [5.41, 5.74) is 13.9. The monoisotopic (exact) mass is 456 g/mol. The third kappa shape index (κ3) is 6.23. The van der Waals surface area contributed by atoms with Crippen LogP contribution in [-0.2, 0) is 9.63 Å². The molecule has 0 atom stereocenters. The lowest BCUT2D eigenvalue weighted by molar-refractivity contribution is -0.140. The molecule has 2 saturated carbocycles. The molecule has 0 aliphatic heterocycles. The number of carbonyl (C=O) groups excluding carboxylic acids is 1. The number of nitrogens with zero attached hydrogens (tertiary/aromatic N) is 2. The van der Waals surface area contributed by atoms with Crippen molar-refractivity contribution < 1.29 is 14.8 Å². The minimum Gasteiger partial charge on any atom is -0.409 e. The van der Waals surface area contributed by atoms with Crippen molar-refractivity contribution in [3.63, 3.8) is 0 Å². The number of amidine groups is 2. The van der Waals surface area contributed by atoms with Crippen molar-refractivity contribution in [3.05, 3.63) is 71.8 Å². The van der Waals surface area contributed by atoms with E-state index in [9.17, 15) is 4.79 Å². The van der Waals surface area contributed by atoms with Crippen LogP contribution in [0.1, 0.15) is 48.6 Å². The second-order valence-electron chi connectivity index (χ2n) is 8.19. The quantitative estimate of drug-likeness (QED) is 0.150. The van der Waals surface area contributed by atoms with Crippen molar-refractivity contribution >= 4 is 29.2 Å². The minimum atomic E-state index is -0.585. The van der Waals surface area contributed by atoms with Gasteiger partial charge < -0.3 is 21.5 Å². The number of rotatable bonds is 6. The second-order valence-corrected chi connectivity index (χ2v) is 8.46. The number of hydrogen-bond donors (Lipinski definition) is 3. The van der Waals surface area contributed by atoms with Gasteiger partial charge in [-0.15, -0.1) is 11.6 Å². The lowest BCUT2D eigenvalue weighted by Gasteiger charge is -2.34. The lowest BCUT2D eigenvalue weighted by atomic mass is 9.71. The van der Waals surface area contributed by atoms with Crippen molar-refractivity contribution in [1.82, 2.24) is 0 Å². The predicted octanol–water partition coefficient (Wildman–Crippen LogP) is 4.16. The first-order valence-corrected chi connectivity index (χ1v) is 11.2. The summed E-state index contributed by atoms with van der Waals surface area (Å²) in [6.45, 7) is 0. The molecule has 7 nitrogen and oxygen atoms in total. The summed E-state index contributed by atoms with van der Waals surface area (Å²) in [6.07, 6.45) is 3.88. The maximum Gasteiger partial charge on any atom is 0.349 e. The fourth-order valence-electron chi connectivity index (χ4n) is 4.00. The summed E-state index contributed by atoms with van der Waals surface area (Å²) in [5, 5.41) is 15.1. The van der Waals surface area contributed by atoms with Gasteiger partial charge in [0.2, 0.25) is 0 Å². The summed E-state index contributed by atoms with van der Waals surface area (Å²) < 4.78 is 0. The van der Waals surface area contributed by atoms with E-state index in [0.29, 0.717) is 23.5 Å². The largest absolute Gasteiger partial charge is 0.409 e. The van der Waals surface area contributed by atoms with Crippen LogP contribution in [0, 0.1) is 11.8 Å². The van der Waals surface area contributed by atoms with Crippen molar-refractivity contribution in [2.75, 3.05) is 5.88 Å². The Morgan fingerprint density at radius 1 is 0.875 bits per heavy atom. The number of carbonyl (C=O) groups is 1. The van der Waals surface area contributed by atoms with Crippen molar-refractivity contribution in [1.29, 1.82) is 0 Å². The molecule has 2 aromatic carbocycles. The predicted molar refractivity (Wildman–Crippen MR) is 126 cm³/mol. The van der Waals surface area contributed by atoms with Gasteiger partial charge in [-0.25, -0.2) is 4.79 Å². The van der Waals surface area contributed by atoms with Crippen LogP contribution in [0.15, 0.2) is 71.0 Å². The number of halogens is 1. The zero-order chi connectivity index (χ0) is 22.9. The Morgan fingerprint density at radius 3 is 1.72 bits per heavy atom. The highest BCUT2D eigenvalue weighted by molar-refractivity contribution is 6.26. The van der Waals surface area contributed by atoms with Crippen LogP contribution in [0.5, 0.6) is 0 Å². The maximum atomic E-state index is 10.8. The van der Waals surface area contributed by atoms with Crippen LogP contribution in [0.4, 0.5) is 0 Å². The molecule has 2 aliphatic rings. The molecule has 5 N–H and O–H groups in total. The summed E-state index contributed by atoms with van der Waals surface area (Å²) >= 11 is 5.28. The molecule has 2 fully saturated rings. The highest BCUT2D eigenvalue weighted by Gasteiger charge is 2.33. The molecule has 170 valence electrons. The smallest absolute Gasteiger partial charge is 0.349 e. The Hall–Kier alpha value is -3.06. The molecular formula is C24H29ClN4O3. The molecule has 2 aromatic rings. The molecule has 4 rings (SSSR count). The van der Waals surface area contributed by atoms with Crippen LogP contribution in [0.25, 0.3) is 0 Å². The summed E-state index contributed by atoms with van der Waals surface area (Å²) in [5.74, 6) is 1.52. The number of nitrogens with two attached hydrogens (primary N) is 2. The van der Waals surface area contributed by atoms with E-state index in [1.165, 1.54) is 11.1 Å². The Morgan fingerprint density at radius 2 is 1.31 bits per heavy atom. The van der Waals surface area contributed by atoms with E-state index in [1.54, 1.807) is 0 Å². The molecule has 0 spiro atoms. The van der Waals surface area contributed by atoms with E-state index in [2.05, 4.69) is 39.4 Å². The number of hydrogen-bond acceptors (Lipinski definition) is 5. The molecule has 0 heterocycles. The third-order valence-electron chi connectivity index (χ3n) is 6.13. The Balaban J connectivity index is 0.000000186. The average molecular weight is 457 g/mol. The second kappa shape index (κ2) is 11.5. The molecule has 0 unspecified atom stereocenters. The molecule has 2 aliphatic carbocycles. The van der Waals surface area contributed by atoms with Gasteiger partial charge in [-0.05, 0) is 48.6 Å². The first kappa shape index (κ1) is 23.6. The van der Waals surface area contributed by atoms with Crippen LogP contribution in [0.2, 0.25) is 0 Å². The van der Waals surface area contributed by atoms with E-state index in [4.69, 9.17) is 28.3 Å². The fraction of sp³-hybridized carbons (Fsp3) is 0.375. The minimum absolute atomic E-state index is 0.193. The maximum absolute atomic E-state index is 10.8. The Bertz CT molecular complexity index is 925. The van der Waals surface area contributed by atoms with Gasteiger partial charge in [-0.3, -0.25) is 0 Å². The molecule has 0 amide bonds. The van der Waals surface area contributed by atoms with Crippen LogP contribution < -0.4 is 11.5 Å². The normalized spacial score (nSPS) is 24.9. The summed E-state index contributed by atoms with van der Waals surface area (Å²) in [7, 11) is 0. The van der Waals surface area contributed by atoms with Crippen molar-refractivity contribution in [3.8, 4) is 0 Å².